The van der Waals surface area contributed by atoms with Crippen LogP contribution in [0.15, 0.2) is 12.1 Å². The summed E-state index contributed by atoms with van der Waals surface area (Å²) in [5.74, 6) is -1.09. The summed E-state index contributed by atoms with van der Waals surface area (Å²) in [6.45, 7) is 7.17. The van der Waals surface area contributed by atoms with Crippen molar-refractivity contribution in [1.29, 1.82) is 0 Å². The van der Waals surface area contributed by atoms with E-state index in [1.807, 2.05) is 13.8 Å². The van der Waals surface area contributed by atoms with Gasteiger partial charge in [-0.25, -0.2) is 9.58 Å². The number of aryl methyl sites for hydroxylation is 5. The van der Waals surface area contributed by atoms with Crippen molar-refractivity contribution in [3.8, 4) is 0 Å². The second-order valence-electron chi connectivity index (χ2n) is 6.20. The van der Waals surface area contributed by atoms with E-state index in [1.54, 1.807) is 33.0 Å². The summed E-state index contributed by atoms with van der Waals surface area (Å²) in [6, 6.07) is 15.1. The van der Waals surface area contributed by atoms with Gasteiger partial charge < -0.3 is 24.3 Å². The largest absolute Gasteiger partial charge is 0.355 e. The summed E-state index contributed by atoms with van der Waals surface area (Å²) in [5.41, 5.74) is 3.39. The number of aromatic nitrogens is 4. The minimum atomic E-state index is -0.553. The van der Waals surface area contributed by atoms with Crippen LogP contribution in [-0.2, 0) is 110 Å². The van der Waals surface area contributed by atoms with Gasteiger partial charge in [0.25, 0.3) is 5.95 Å². The maximum absolute atomic E-state index is 13.3. The molecule has 4 radical (unpaired) electrons. The Morgan fingerprint density at radius 3 is 1.61 bits per heavy atom. The van der Waals surface area contributed by atoms with Gasteiger partial charge in [0.15, 0.2) is 11.8 Å². The number of amides is 2. The van der Waals surface area contributed by atoms with Crippen LogP contribution < -0.4 is 4.90 Å². The van der Waals surface area contributed by atoms with E-state index >= 15 is 0 Å². The third-order valence-corrected chi connectivity index (χ3v) is 4.09. The first-order chi connectivity index (χ1) is 12.8. The van der Waals surface area contributed by atoms with Crippen LogP contribution in [0.1, 0.15) is 43.0 Å². The van der Waals surface area contributed by atoms with Crippen molar-refractivity contribution in [2.75, 3.05) is 4.90 Å². The molecule has 0 spiro atoms. The molecule has 1 heterocycles. The Balaban J connectivity index is 0. The summed E-state index contributed by atoms with van der Waals surface area (Å²) < 4.78 is 1.27. The molecule has 0 bridgehead atoms. The van der Waals surface area contributed by atoms with Crippen molar-refractivity contribution in [3.05, 3.63) is 69.8 Å². The summed E-state index contributed by atoms with van der Waals surface area (Å²) in [4.78, 5) is 27.5. The van der Waals surface area contributed by atoms with Crippen LogP contribution in [-0.4, -0.2) is 32.0 Å². The molecule has 0 unspecified atom stereocenters. The van der Waals surface area contributed by atoms with Gasteiger partial charge in [-0.3, -0.25) is 44.0 Å². The molecular weight excluding hydrogens is 622 g/mol. The number of benzene rings is 2. The Hall–Kier alpha value is 0.0266. The van der Waals surface area contributed by atoms with E-state index in [-0.39, 0.29) is 108 Å². The van der Waals surface area contributed by atoms with Crippen LogP contribution in [0.25, 0.3) is 0 Å². The zero-order valence-corrected chi connectivity index (χ0v) is 26.2. The van der Waals surface area contributed by atoms with E-state index in [2.05, 4.69) is 39.8 Å². The molecule has 7 nitrogen and oxygen atoms in total. The number of rotatable bonds is 3. The molecule has 0 atom stereocenters. The molecule has 0 aliphatic rings. The number of carbonyl (C=O) groups is 2. The fraction of sp³-hybridized carbons (Fsp3) is 0.250. The first kappa shape index (κ1) is 33.2. The average Bonchev–Trinajstić information content (AvgIpc) is 3.00. The van der Waals surface area contributed by atoms with Crippen molar-refractivity contribution in [1.82, 2.24) is 20.2 Å². The standard InChI is InChI=1S/C20H17N5O2.2V.2Y/c1-12-6-8-16(14(3)10-12)18(26)25(20-21-22-23-24(20)5)19(27)17-9-7-13(2)11-15(17)4;;;;/h8-9H,1-5H3;;;;/q-4;;;;. The Morgan fingerprint density at radius 1 is 0.871 bits per heavy atom. The van der Waals surface area contributed by atoms with Gasteiger partial charge in [0, 0.05) is 110 Å². The SMILES string of the molecule is Cc1[c-]cc(C(=O)N(C(=O)c2c[c-]c(C)[c-]c2C)c2nnnn2C)c(C)[c-]1.[V].[V].[Y].[Y]. The first-order valence-electron chi connectivity index (χ1n) is 8.23. The summed E-state index contributed by atoms with van der Waals surface area (Å²) in [6.07, 6.45) is 0. The predicted molar refractivity (Wildman–Crippen MR) is 97.1 cm³/mol. The molecule has 3 rings (SSSR count). The molecule has 11 heteroatoms. The molecule has 0 aliphatic heterocycles. The summed E-state index contributed by atoms with van der Waals surface area (Å²) in [7, 11) is 1.56. The molecule has 0 saturated heterocycles. The van der Waals surface area contributed by atoms with Crippen molar-refractivity contribution in [2.24, 2.45) is 7.05 Å². The van der Waals surface area contributed by atoms with Crippen LogP contribution in [0.3, 0.4) is 0 Å². The van der Waals surface area contributed by atoms with Gasteiger partial charge in [0.1, 0.15) is 0 Å². The zero-order valence-electron chi connectivity index (χ0n) is 17.8. The van der Waals surface area contributed by atoms with Crippen molar-refractivity contribution < 1.29 is 112 Å². The molecular formula is C20H17N5O2V2Y2-4. The first-order valence-corrected chi connectivity index (χ1v) is 8.23. The molecule has 2 amide bonds. The monoisotopic (exact) mass is 639 g/mol. The second-order valence-corrected chi connectivity index (χ2v) is 6.20. The maximum Gasteiger partial charge on any atom is 0.256 e. The Bertz CT molecular complexity index is 996. The minimum Gasteiger partial charge on any atom is -0.355 e. The number of hydrogen-bond acceptors (Lipinski definition) is 5. The van der Waals surface area contributed by atoms with Crippen LogP contribution in [0.4, 0.5) is 5.95 Å². The van der Waals surface area contributed by atoms with Gasteiger partial charge in [-0.05, 0) is 10.4 Å². The number of imide groups is 1. The molecule has 2 aromatic carbocycles. The zero-order chi connectivity index (χ0) is 19.7. The summed E-state index contributed by atoms with van der Waals surface area (Å²) in [5, 5.41) is 11.1. The number of tetrazole rings is 1. The van der Waals surface area contributed by atoms with E-state index < -0.39 is 11.8 Å². The van der Waals surface area contributed by atoms with Crippen molar-refractivity contribution >= 4 is 17.8 Å². The van der Waals surface area contributed by atoms with E-state index in [9.17, 15) is 9.59 Å². The van der Waals surface area contributed by atoms with E-state index in [0.29, 0.717) is 22.3 Å². The second kappa shape index (κ2) is 14.3. The fourth-order valence-corrected chi connectivity index (χ4v) is 2.72. The fourth-order valence-electron chi connectivity index (χ4n) is 2.72. The van der Waals surface area contributed by atoms with E-state index in [4.69, 9.17) is 0 Å². The van der Waals surface area contributed by atoms with E-state index in [0.717, 1.165) is 16.0 Å². The van der Waals surface area contributed by atoms with Crippen LogP contribution in [0, 0.1) is 52.0 Å². The number of carbonyl (C=O) groups excluding carboxylic acids is 2. The van der Waals surface area contributed by atoms with Gasteiger partial charge in [-0.1, -0.05) is 32.8 Å². The minimum absolute atomic E-state index is 0. The molecule has 31 heavy (non-hydrogen) atoms. The predicted octanol–water partition coefficient (Wildman–Crippen LogP) is 2.12. The van der Waals surface area contributed by atoms with Crippen molar-refractivity contribution in [2.45, 2.75) is 27.7 Å². The van der Waals surface area contributed by atoms with Gasteiger partial charge in [0.2, 0.25) is 0 Å². The molecule has 0 fully saturated rings. The molecule has 3 aromatic rings. The number of nitrogens with zero attached hydrogens (tertiary/aromatic N) is 5. The smallest absolute Gasteiger partial charge is 0.256 e. The molecule has 154 valence electrons. The van der Waals surface area contributed by atoms with Gasteiger partial charge >= 0.3 is 0 Å². The third-order valence-electron chi connectivity index (χ3n) is 4.09. The van der Waals surface area contributed by atoms with Gasteiger partial charge in [-0.15, -0.1) is 0 Å². The normalized spacial score (nSPS) is 9.32. The van der Waals surface area contributed by atoms with Crippen LogP contribution >= 0.6 is 0 Å². The van der Waals surface area contributed by atoms with Crippen LogP contribution in [0.2, 0.25) is 0 Å². The maximum atomic E-state index is 13.3. The van der Waals surface area contributed by atoms with Gasteiger partial charge in [-0.2, -0.15) is 11.1 Å². The molecule has 0 saturated carbocycles. The molecule has 0 aliphatic carbocycles. The Labute approximate surface area is 256 Å². The Kier molecular flexibility index (Phi) is 15.3. The Morgan fingerprint density at radius 2 is 1.29 bits per heavy atom. The number of hydrogen-bond donors (Lipinski definition) is 0. The van der Waals surface area contributed by atoms with Gasteiger partial charge in [0.05, 0.1) is 0 Å². The third kappa shape index (κ3) is 7.51. The molecule has 1 aromatic heterocycles. The van der Waals surface area contributed by atoms with E-state index in [1.165, 1.54) is 4.68 Å². The molecule has 0 N–H and O–H groups in total. The van der Waals surface area contributed by atoms with Crippen LogP contribution in [0.5, 0.6) is 0 Å². The van der Waals surface area contributed by atoms with Crippen molar-refractivity contribution in [3.63, 3.8) is 0 Å². The number of anilines is 1. The topological polar surface area (TPSA) is 81.0 Å². The summed E-state index contributed by atoms with van der Waals surface area (Å²) >= 11 is 0. The average molecular weight is 639 g/mol. The quantitative estimate of drug-likeness (QED) is 0.325.